The predicted octanol–water partition coefficient (Wildman–Crippen LogP) is 3.97. The first-order chi connectivity index (χ1) is 9.67. The summed E-state index contributed by atoms with van der Waals surface area (Å²) >= 11 is 3.96. The molecule has 116 valence electrons. The number of rotatable bonds is 3. The maximum absolute atomic E-state index is 6.55. The van der Waals surface area contributed by atoms with Crippen molar-refractivity contribution in [2.45, 2.75) is 68.7 Å². The Labute approximate surface area is 139 Å². The number of fused-ring (bicyclic) bond motifs is 2. The Morgan fingerprint density at radius 3 is 2.67 bits per heavy atom. The molecule has 0 aromatic heterocycles. The van der Waals surface area contributed by atoms with Crippen molar-refractivity contribution in [3.05, 3.63) is 12.2 Å². The Hall–Kier alpha value is 0.357. The molecular weight excluding hydrogens is 344 g/mol. The molecule has 0 spiro atoms. The Bertz CT molecular complexity index is 498. The minimum absolute atomic E-state index is 0.126. The van der Waals surface area contributed by atoms with E-state index in [2.05, 4.69) is 62.7 Å². The normalized spacial score (nSPS) is 50.4. The monoisotopic (exact) mass is 368 g/mol. The van der Waals surface area contributed by atoms with E-state index in [1.807, 2.05) is 0 Å². The highest BCUT2D eigenvalue weighted by Crippen LogP contribution is 2.73. The molecule has 3 aliphatic carbocycles. The highest BCUT2D eigenvalue weighted by Gasteiger charge is 2.75. The van der Waals surface area contributed by atoms with Gasteiger partial charge in [-0.05, 0) is 37.1 Å². The molecule has 0 N–H and O–H groups in total. The summed E-state index contributed by atoms with van der Waals surface area (Å²) in [5.41, 5.74) is 0.0283. The molecule has 2 bridgehead atoms. The SMILES string of the molecule is CC(C)(C)[Si]OC(C)(C)C12C=CC3OC4C(Br)C1CC4C32. The fourth-order valence-electron chi connectivity index (χ4n) is 5.46. The second-order valence-corrected chi connectivity index (χ2v) is 11.8. The zero-order chi connectivity index (χ0) is 15.2. The summed E-state index contributed by atoms with van der Waals surface area (Å²) < 4.78 is 12.9. The highest BCUT2D eigenvalue weighted by atomic mass is 79.9. The zero-order valence-electron chi connectivity index (χ0n) is 13.5. The second kappa shape index (κ2) is 4.25. The van der Waals surface area contributed by atoms with Gasteiger partial charge in [-0.1, -0.05) is 48.9 Å². The van der Waals surface area contributed by atoms with Crippen LogP contribution in [0.2, 0.25) is 5.04 Å². The molecule has 21 heavy (non-hydrogen) atoms. The largest absolute Gasteiger partial charge is 0.411 e. The van der Waals surface area contributed by atoms with Gasteiger partial charge >= 0.3 is 0 Å². The van der Waals surface area contributed by atoms with Crippen molar-refractivity contribution in [3.8, 4) is 0 Å². The maximum Gasteiger partial charge on any atom is 0.236 e. The summed E-state index contributed by atoms with van der Waals surface area (Å²) in [6.45, 7) is 11.4. The molecule has 0 amide bonds. The fourth-order valence-corrected chi connectivity index (χ4v) is 7.37. The van der Waals surface area contributed by atoms with Crippen molar-refractivity contribution >= 4 is 25.7 Å². The second-order valence-electron chi connectivity index (χ2n) is 8.80. The van der Waals surface area contributed by atoms with Crippen LogP contribution in [0.1, 0.15) is 41.0 Å². The Morgan fingerprint density at radius 2 is 2.00 bits per heavy atom. The topological polar surface area (TPSA) is 18.5 Å². The molecular formula is C17H25BrO2Si. The smallest absolute Gasteiger partial charge is 0.236 e. The van der Waals surface area contributed by atoms with Crippen LogP contribution in [0.5, 0.6) is 0 Å². The minimum Gasteiger partial charge on any atom is -0.411 e. The van der Waals surface area contributed by atoms with E-state index in [1.54, 1.807) is 0 Å². The number of hydrogen-bond acceptors (Lipinski definition) is 2. The third-order valence-electron chi connectivity index (χ3n) is 6.16. The van der Waals surface area contributed by atoms with Gasteiger partial charge in [0.05, 0.1) is 17.8 Å². The lowest BCUT2D eigenvalue weighted by Crippen LogP contribution is -2.55. The summed E-state index contributed by atoms with van der Waals surface area (Å²) in [6.07, 6.45) is 6.85. The molecule has 4 heteroatoms. The van der Waals surface area contributed by atoms with E-state index in [4.69, 9.17) is 9.16 Å². The lowest BCUT2D eigenvalue weighted by Gasteiger charge is -2.51. The molecule has 2 saturated carbocycles. The predicted molar refractivity (Wildman–Crippen MR) is 88.7 cm³/mol. The summed E-state index contributed by atoms with van der Waals surface area (Å²) in [4.78, 5) is 0.495. The molecule has 7 unspecified atom stereocenters. The Kier molecular flexibility index (Phi) is 3.02. The van der Waals surface area contributed by atoms with Gasteiger partial charge in [0.15, 0.2) is 0 Å². The fraction of sp³-hybridized carbons (Fsp3) is 0.882. The Morgan fingerprint density at radius 1 is 1.29 bits per heavy atom. The number of hydrogen-bond donors (Lipinski definition) is 0. The molecule has 7 atom stereocenters. The first kappa shape index (κ1) is 14.9. The lowest BCUT2D eigenvalue weighted by molar-refractivity contribution is -0.0557. The van der Waals surface area contributed by atoms with E-state index in [-0.39, 0.29) is 16.1 Å². The molecule has 2 radical (unpaired) electrons. The molecule has 4 rings (SSSR count). The standard InChI is InChI=1S/C17H25BrO2Si/c1-15(2,3)21-20-16(4,5)17-7-6-11-12(17)9-8-10(17)13(18)14(9)19-11/h6-7,9-14H,8H2,1-5H3. The van der Waals surface area contributed by atoms with Gasteiger partial charge in [0.25, 0.3) is 0 Å². The van der Waals surface area contributed by atoms with Crippen LogP contribution in [-0.4, -0.2) is 32.4 Å². The van der Waals surface area contributed by atoms with Crippen LogP contribution in [0.3, 0.4) is 0 Å². The van der Waals surface area contributed by atoms with E-state index in [0.29, 0.717) is 38.6 Å². The third-order valence-corrected chi connectivity index (χ3v) is 8.54. The quantitative estimate of drug-likeness (QED) is 0.426. The van der Waals surface area contributed by atoms with Crippen molar-refractivity contribution in [2.75, 3.05) is 0 Å². The van der Waals surface area contributed by atoms with E-state index < -0.39 is 0 Å². The van der Waals surface area contributed by atoms with Crippen molar-refractivity contribution in [1.29, 1.82) is 0 Å². The third kappa shape index (κ3) is 1.76. The highest BCUT2D eigenvalue weighted by molar-refractivity contribution is 9.09. The van der Waals surface area contributed by atoms with Crippen molar-refractivity contribution in [3.63, 3.8) is 0 Å². The van der Waals surface area contributed by atoms with Crippen LogP contribution >= 0.6 is 15.9 Å². The van der Waals surface area contributed by atoms with Crippen LogP contribution < -0.4 is 0 Å². The van der Waals surface area contributed by atoms with Gasteiger partial charge in [-0.25, -0.2) is 0 Å². The van der Waals surface area contributed by atoms with Gasteiger partial charge < -0.3 is 9.16 Å². The van der Waals surface area contributed by atoms with Gasteiger partial charge in [0.2, 0.25) is 9.76 Å². The van der Waals surface area contributed by atoms with Crippen LogP contribution in [0.15, 0.2) is 12.2 Å². The molecule has 1 saturated heterocycles. The zero-order valence-corrected chi connectivity index (χ0v) is 16.1. The van der Waals surface area contributed by atoms with E-state index >= 15 is 0 Å². The lowest BCUT2D eigenvalue weighted by atomic mass is 9.60. The van der Waals surface area contributed by atoms with Gasteiger partial charge in [0, 0.05) is 16.2 Å². The minimum atomic E-state index is -0.126. The van der Waals surface area contributed by atoms with Gasteiger partial charge in [0.1, 0.15) is 0 Å². The summed E-state index contributed by atoms with van der Waals surface area (Å²) in [5.74, 6) is 2.02. The summed E-state index contributed by atoms with van der Waals surface area (Å²) in [5, 5.41) is 0.232. The van der Waals surface area contributed by atoms with Gasteiger partial charge in [-0.3, -0.25) is 0 Å². The van der Waals surface area contributed by atoms with Crippen LogP contribution in [0, 0.1) is 23.2 Å². The van der Waals surface area contributed by atoms with E-state index in [9.17, 15) is 0 Å². The summed E-state index contributed by atoms with van der Waals surface area (Å²) in [7, 11) is 0.535. The number of alkyl halides is 1. The van der Waals surface area contributed by atoms with Gasteiger partial charge in [-0.15, -0.1) is 0 Å². The molecule has 3 fully saturated rings. The summed E-state index contributed by atoms with van der Waals surface area (Å²) in [6, 6.07) is 0. The molecule has 2 nitrogen and oxygen atoms in total. The van der Waals surface area contributed by atoms with Crippen molar-refractivity contribution < 1.29 is 9.16 Å². The number of halogens is 1. The van der Waals surface area contributed by atoms with E-state index in [0.717, 1.165) is 5.92 Å². The maximum atomic E-state index is 6.55. The molecule has 1 heterocycles. The molecule has 1 aliphatic heterocycles. The first-order valence-corrected chi connectivity index (χ1v) is 9.94. The van der Waals surface area contributed by atoms with Gasteiger partial charge in [-0.2, -0.15) is 0 Å². The van der Waals surface area contributed by atoms with Crippen molar-refractivity contribution in [1.82, 2.24) is 0 Å². The number of ether oxygens (including phenoxy) is 1. The molecule has 4 aliphatic rings. The van der Waals surface area contributed by atoms with Crippen LogP contribution in [0.25, 0.3) is 0 Å². The molecule has 0 aromatic rings. The first-order valence-electron chi connectivity index (χ1n) is 8.11. The average Bonchev–Trinajstić information content (AvgIpc) is 3.02. The average molecular weight is 369 g/mol. The van der Waals surface area contributed by atoms with Crippen LogP contribution in [0.4, 0.5) is 0 Å². The molecule has 0 aromatic carbocycles. The van der Waals surface area contributed by atoms with E-state index in [1.165, 1.54) is 6.42 Å². The van der Waals surface area contributed by atoms with Crippen LogP contribution in [-0.2, 0) is 9.16 Å². The van der Waals surface area contributed by atoms with Crippen molar-refractivity contribution in [2.24, 2.45) is 23.2 Å². The Balaban J connectivity index is 1.69.